The number of H-pyrrole nitrogens is 1. The first kappa shape index (κ1) is 20.5. The number of fused-ring (bicyclic) bond motifs is 2. The molecule has 1 aliphatic heterocycles. The molecule has 3 aromatic heterocycles. The number of ether oxygens (including phenoxy) is 1. The zero-order chi connectivity index (χ0) is 21.7. The monoisotopic (exact) mass is 429 g/mol. The van der Waals surface area contributed by atoms with Crippen molar-refractivity contribution in [2.24, 2.45) is 0 Å². The predicted molar refractivity (Wildman–Crippen MR) is 112 cm³/mol. The van der Waals surface area contributed by atoms with Crippen molar-refractivity contribution in [2.45, 2.75) is 44.9 Å². The lowest BCUT2D eigenvalue weighted by Gasteiger charge is -2.20. The van der Waals surface area contributed by atoms with Crippen molar-refractivity contribution in [1.82, 2.24) is 30.4 Å². The van der Waals surface area contributed by atoms with E-state index in [9.17, 15) is 9.18 Å². The average Bonchev–Trinajstić information content (AvgIpc) is 3.16. The molecular formula is C19H24FN7O2Si. The SMILES string of the molecule is CC1(C)C(=O)N(COCC[Si](C)(C)C)c2nc(-c3n[nH]c4ncc(F)cc34)nnc21. The van der Waals surface area contributed by atoms with Crippen molar-refractivity contribution in [3.05, 3.63) is 23.8 Å². The number of nitrogens with zero attached hydrogens (tertiary/aromatic N) is 6. The lowest BCUT2D eigenvalue weighted by atomic mass is 9.91. The smallest absolute Gasteiger partial charge is 0.242 e. The molecule has 0 saturated heterocycles. The van der Waals surface area contributed by atoms with E-state index in [1.54, 1.807) is 13.8 Å². The molecule has 0 saturated carbocycles. The summed E-state index contributed by atoms with van der Waals surface area (Å²) in [6.45, 7) is 11.1. The van der Waals surface area contributed by atoms with Crippen molar-refractivity contribution in [3.63, 3.8) is 0 Å². The van der Waals surface area contributed by atoms with Gasteiger partial charge in [0.1, 0.15) is 23.9 Å². The van der Waals surface area contributed by atoms with Gasteiger partial charge in [0, 0.05) is 14.7 Å². The van der Waals surface area contributed by atoms with Crippen LogP contribution >= 0.6 is 0 Å². The fraction of sp³-hybridized carbons (Fsp3) is 0.474. The molecule has 1 aliphatic rings. The van der Waals surface area contributed by atoms with Crippen LogP contribution in [0.1, 0.15) is 19.5 Å². The highest BCUT2D eigenvalue weighted by Crippen LogP contribution is 2.39. The van der Waals surface area contributed by atoms with Crippen molar-refractivity contribution in [3.8, 4) is 11.5 Å². The summed E-state index contributed by atoms with van der Waals surface area (Å²) in [5.74, 6) is -0.0643. The summed E-state index contributed by atoms with van der Waals surface area (Å²) in [5, 5.41) is 15.8. The zero-order valence-electron chi connectivity index (χ0n) is 17.7. The molecule has 0 fully saturated rings. The number of aromatic amines is 1. The van der Waals surface area contributed by atoms with Gasteiger partial charge in [0.15, 0.2) is 11.5 Å². The second-order valence-corrected chi connectivity index (χ2v) is 14.8. The maximum atomic E-state index is 13.7. The number of hydrogen-bond donors (Lipinski definition) is 1. The molecule has 4 rings (SSSR count). The Hall–Kier alpha value is -2.79. The first-order valence-corrected chi connectivity index (χ1v) is 13.4. The van der Waals surface area contributed by atoms with Crippen molar-refractivity contribution >= 4 is 30.8 Å². The molecule has 0 aliphatic carbocycles. The third-order valence-corrected chi connectivity index (χ3v) is 6.81. The Bertz CT molecular complexity index is 1130. The minimum Gasteiger partial charge on any atom is -0.361 e. The highest BCUT2D eigenvalue weighted by molar-refractivity contribution is 6.76. The third kappa shape index (κ3) is 3.58. The molecule has 11 heteroatoms. The number of halogens is 1. The van der Waals surface area contributed by atoms with E-state index in [-0.39, 0.29) is 18.5 Å². The molecule has 30 heavy (non-hydrogen) atoms. The third-order valence-electron chi connectivity index (χ3n) is 5.11. The van der Waals surface area contributed by atoms with E-state index < -0.39 is 19.3 Å². The van der Waals surface area contributed by atoms with Crippen LogP contribution in [-0.4, -0.2) is 57.7 Å². The van der Waals surface area contributed by atoms with Gasteiger partial charge in [-0.3, -0.25) is 14.8 Å². The summed E-state index contributed by atoms with van der Waals surface area (Å²) in [4.78, 5) is 23.0. The van der Waals surface area contributed by atoms with Gasteiger partial charge in [-0.1, -0.05) is 19.6 Å². The second-order valence-electron chi connectivity index (χ2n) is 9.14. The number of hydrogen-bond acceptors (Lipinski definition) is 7. The maximum Gasteiger partial charge on any atom is 0.242 e. The molecule has 0 bridgehead atoms. The normalized spacial score (nSPS) is 15.8. The van der Waals surface area contributed by atoms with Crippen molar-refractivity contribution < 1.29 is 13.9 Å². The highest BCUT2D eigenvalue weighted by atomic mass is 28.3. The molecule has 0 aromatic carbocycles. The van der Waals surface area contributed by atoms with E-state index in [0.29, 0.717) is 34.8 Å². The van der Waals surface area contributed by atoms with Crippen molar-refractivity contribution in [2.75, 3.05) is 18.2 Å². The fourth-order valence-corrected chi connectivity index (χ4v) is 4.00. The van der Waals surface area contributed by atoms with E-state index in [1.165, 1.54) is 11.0 Å². The van der Waals surface area contributed by atoms with Crippen LogP contribution in [0.4, 0.5) is 10.2 Å². The van der Waals surface area contributed by atoms with Crippen LogP contribution in [0.2, 0.25) is 25.7 Å². The van der Waals surface area contributed by atoms with Crippen LogP contribution in [0.15, 0.2) is 12.3 Å². The number of carbonyl (C=O) groups excluding carboxylic acids is 1. The van der Waals surface area contributed by atoms with Crippen LogP contribution < -0.4 is 4.90 Å². The standard InChI is InChI=1S/C19H24FN7O2Si/c1-19(2)14-17(27(18(19)28)10-29-6-7-30(3,4)5)22-16(26-24-14)13-12-8-11(20)9-21-15(12)25-23-13/h8-9H,6-7,10H2,1-5H3,(H,21,23,25). The van der Waals surface area contributed by atoms with Crippen molar-refractivity contribution in [1.29, 1.82) is 0 Å². The molecule has 158 valence electrons. The summed E-state index contributed by atoms with van der Waals surface area (Å²) in [5.41, 5.74) is 0.355. The summed E-state index contributed by atoms with van der Waals surface area (Å²) in [6.07, 6.45) is 1.10. The Morgan fingerprint density at radius 1 is 1.27 bits per heavy atom. The number of carbonyl (C=O) groups is 1. The predicted octanol–water partition coefficient (Wildman–Crippen LogP) is 2.89. The molecular weight excluding hydrogens is 405 g/mol. The van der Waals surface area contributed by atoms with Gasteiger partial charge in [0.25, 0.3) is 0 Å². The summed E-state index contributed by atoms with van der Waals surface area (Å²) in [7, 11) is -1.24. The quantitative estimate of drug-likeness (QED) is 0.474. The second kappa shape index (κ2) is 7.17. The first-order chi connectivity index (χ1) is 14.1. The number of pyridine rings is 1. The first-order valence-electron chi connectivity index (χ1n) is 9.73. The Labute approximate surface area is 174 Å². The summed E-state index contributed by atoms with van der Waals surface area (Å²) >= 11 is 0. The zero-order valence-corrected chi connectivity index (χ0v) is 18.7. The number of anilines is 1. The minimum atomic E-state index is -1.24. The molecule has 0 radical (unpaired) electrons. The number of amides is 1. The lowest BCUT2D eigenvalue weighted by molar-refractivity contribution is -0.123. The van der Waals surface area contributed by atoms with Crippen LogP contribution in [0.5, 0.6) is 0 Å². The topological polar surface area (TPSA) is 110 Å². The molecule has 0 spiro atoms. The van der Waals surface area contributed by atoms with Gasteiger partial charge in [-0.2, -0.15) is 5.10 Å². The van der Waals surface area contributed by atoms with Crippen LogP contribution in [-0.2, 0) is 14.9 Å². The molecule has 0 unspecified atom stereocenters. The molecule has 9 nitrogen and oxygen atoms in total. The highest BCUT2D eigenvalue weighted by Gasteiger charge is 2.47. The van der Waals surface area contributed by atoms with Gasteiger partial charge in [0.05, 0.1) is 17.0 Å². The number of rotatable bonds is 6. The van der Waals surface area contributed by atoms with E-state index >= 15 is 0 Å². The van der Waals surface area contributed by atoms with E-state index in [0.717, 1.165) is 12.2 Å². The van der Waals surface area contributed by atoms with E-state index in [4.69, 9.17) is 4.74 Å². The number of aromatic nitrogens is 6. The Kier molecular flexibility index (Phi) is 4.89. The Morgan fingerprint density at radius 2 is 2.03 bits per heavy atom. The molecule has 1 amide bonds. The fourth-order valence-electron chi connectivity index (χ4n) is 3.25. The van der Waals surface area contributed by atoms with E-state index in [2.05, 4.69) is 50.0 Å². The van der Waals surface area contributed by atoms with Gasteiger partial charge in [0.2, 0.25) is 11.7 Å². The van der Waals surface area contributed by atoms with Crippen LogP contribution in [0.3, 0.4) is 0 Å². The van der Waals surface area contributed by atoms with Gasteiger partial charge in [-0.25, -0.2) is 14.4 Å². The van der Waals surface area contributed by atoms with Gasteiger partial charge in [-0.15, -0.1) is 10.2 Å². The van der Waals surface area contributed by atoms with Gasteiger partial charge in [-0.05, 0) is 26.0 Å². The molecule has 4 heterocycles. The molecule has 3 aromatic rings. The Morgan fingerprint density at radius 3 is 2.77 bits per heavy atom. The minimum absolute atomic E-state index is 0.0926. The van der Waals surface area contributed by atoms with E-state index in [1.807, 2.05) is 0 Å². The molecule has 0 atom stereocenters. The largest absolute Gasteiger partial charge is 0.361 e. The lowest BCUT2D eigenvalue weighted by Crippen LogP contribution is -2.38. The van der Waals surface area contributed by atoms with Gasteiger partial charge >= 0.3 is 0 Å². The average molecular weight is 430 g/mol. The Balaban J connectivity index is 1.67. The molecule has 1 N–H and O–H groups in total. The van der Waals surface area contributed by atoms with Crippen LogP contribution in [0, 0.1) is 5.82 Å². The van der Waals surface area contributed by atoms with Crippen LogP contribution in [0.25, 0.3) is 22.6 Å². The summed E-state index contributed by atoms with van der Waals surface area (Å²) < 4.78 is 19.5. The summed E-state index contributed by atoms with van der Waals surface area (Å²) in [6, 6.07) is 2.31. The number of nitrogens with one attached hydrogen (secondary N) is 1. The van der Waals surface area contributed by atoms with Gasteiger partial charge < -0.3 is 4.74 Å². The maximum absolute atomic E-state index is 13.7.